The van der Waals surface area contributed by atoms with E-state index in [1.807, 2.05) is 24.9 Å². The molecule has 1 heterocycles. The van der Waals surface area contributed by atoms with Crippen molar-refractivity contribution < 1.29 is 14.0 Å². The van der Waals surface area contributed by atoms with E-state index in [0.717, 1.165) is 5.76 Å². The van der Waals surface area contributed by atoms with Crippen molar-refractivity contribution in [2.45, 2.75) is 32.9 Å². The minimum atomic E-state index is -0.474. The second-order valence-electron chi connectivity index (χ2n) is 4.38. The first-order valence-electron chi connectivity index (χ1n) is 6.31. The Morgan fingerprint density at radius 3 is 2.63 bits per heavy atom. The predicted molar refractivity (Wildman–Crippen MR) is 71.6 cm³/mol. The van der Waals surface area contributed by atoms with Gasteiger partial charge in [-0.3, -0.25) is 15.0 Å². The fourth-order valence-corrected chi connectivity index (χ4v) is 1.67. The van der Waals surface area contributed by atoms with Crippen LogP contribution < -0.4 is 10.6 Å². The lowest BCUT2D eigenvalue weighted by Gasteiger charge is -2.28. The Hall–Kier alpha value is -1.82. The average molecular weight is 267 g/mol. The molecule has 0 aliphatic carbocycles. The number of urea groups is 1. The van der Waals surface area contributed by atoms with Crippen molar-refractivity contribution in [3.8, 4) is 0 Å². The van der Waals surface area contributed by atoms with Crippen LogP contribution in [0.4, 0.5) is 4.79 Å². The maximum Gasteiger partial charge on any atom is 0.321 e. The number of imide groups is 1. The SMILES string of the molecule is CCNC(=O)NC(=O)[C@@H](C)N(C)[C@@H](C)c1ccco1. The van der Waals surface area contributed by atoms with Gasteiger partial charge in [0.1, 0.15) is 5.76 Å². The third-order valence-electron chi connectivity index (χ3n) is 3.13. The van der Waals surface area contributed by atoms with Gasteiger partial charge in [-0.25, -0.2) is 4.79 Å². The summed E-state index contributed by atoms with van der Waals surface area (Å²) in [4.78, 5) is 25.0. The van der Waals surface area contributed by atoms with Crippen LogP contribution in [0, 0.1) is 0 Å². The number of carbonyl (C=O) groups excluding carboxylic acids is 2. The Balaban J connectivity index is 2.58. The van der Waals surface area contributed by atoms with E-state index in [-0.39, 0.29) is 11.9 Å². The maximum atomic E-state index is 11.9. The molecule has 6 heteroatoms. The van der Waals surface area contributed by atoms with Gasteiger partial charge >= 0.3 is 6.03 Å². The van der Waals surface area contributed by atoms with E-state index in [0.29, 0.717) is 6.54 Å². The van der Waals surface area contributed by atoms with Gasteiger partial charge in [-0.1, -0.05) is 0 Å². The molecule has 0 spiro atoms. The van der Waals surface area contributed by atoms with Crippen molar-refractivity contribution in [1.29, 1.82) is 0 Å². The van der Waals surface area contributed by atoms with Crippen molar-refractivity contribution in [2.24, 2.45) is 0 Å². The second-order valence-corrected chi connectivity index (χ2v) is 4.38. The summed E-state index contributed by atoms with van der Waals surface area (Å²) in [6, 6.07) is 2.69. The third-order valence-corrected chi connectivity index (χ3v) is 3.13. The molecule has 0 aliphatic rings. The first-order chi connectivity index (χ1) is 8.97. The normalized spacial score (nSPS) is 13.9. The number of likely N-dealkylation sites (N-methyl/N-ethyl adjacent to an activating group) is 1. The van der Waals surface area contributed by atoms with Gasteiger partial charge in [-0.2, -0.15) is 0 Å². The highest BCUT2D eigenvalue weighted by Gasteiger charge is 2.25. The summed E-state index contributed by atoms with van der Waals surface area (Å²) in [5.41, 5.74) is 0. The summed E-state index contributed by atoms with van der Waals surface area (Å²) in [5.74, 6) is 0.437. The van der Waals surface area contributed by atoms with E-state index in [1.165, 1.54) is 0 Å². The summed E-state index contributed by atoms with van der Waals surface area (Å²) >= 11 is 0. The summed E-state index contributed by atoms with van der Waals surface area (Å²) in [6.45, 7) is 5.95. The van der Waals surface area contributed by atoms with Crippen molar-refractivity contribution in [1.82, 2.24) is 15.5 Å². The van der Waals surface area contributed by atoms with Gasteiger partial charge in [-0.05, 0) is 40.0 Å². The van der Waals surface area contributed by atoms with Crippen LogP contribution in [0.2, 0.25) is 0 Å². The topological polar surface area (TPSA) is 74.6 Å². The zero-order chi connectivity index (χ0) is 14.4. The van der Waals surface area contributed by atoms with Crippen LogP contribution in [0.5, 0.6) is 0 Å². The number of rotatable bonds is 5. The molecule has 0 unspecified atom stereocenters. The molecular formula is C13H21N3O3. The number of carbonyl (C=O) groups is 2. The average Bonchev–Trinajstić information content (AvgIpc) is 2.90. The minimum Gasteiger partial charge on any atom is -0.468 e. The fourth-order valence-electron chi connectivity index (χ4n) is 1.67. The molecule has 2 N–H and O–H groups in total. The van der Waals surface area contributed by atoms with Crippen LogP contribution in [0.1, 0.15) is 32.6 Å². The first-order valence-corrected chi connectivity index (χ1v) is 6.31. The van der Waals surface area contributed by atoms with Crippen LogP contribution in [0.25, 0.3) is 0 Å². The molecule has 0 radical (unpaired) electrons. The monoisotopic (exact) mass is 267 g/mol. The van der Waals surface area contributed by atoms with Crippen LogP contribution in [0.15, 0.2) is 22.8 Å². The van der Waals surface area contributed by atoms with E-state index >= 15 is 0 Å². The highest BCUT2D eigenvalue weighted by Crippen LogP contribution is 2.20. The predicted octanol–water partition coefficient (Wildman–Crippen LogP) is 1.51. The summed E-state index contributed by atoms with van der Waals surface area (Å²) < 4.78 is 5.31. The Labute approximate surface area is 113 Å². The Kier molecular flexibility index (Phi) is 5.57. The summed E-state index contributed by atoms with van der Waals surface area (Å²) in [7, 11) is 1.81. The molecule has 0 bridgehead atoms. The number of furan rings is 1. The molecule has 1 aromatic heterocycles. The number of hydrogen-bond acceptors (Lipinski definition) is 4. The van der Waals surface area contributed by atoms with Gasteiger partial charge in [0.2, 0.25) is 5.91 Å². The molecule has 106 valence electrons. The number of amides is 3. The quantitative estimate of drug-likeness (QED) is 0.848. The van der Waals surface area contributed by atoms with Gasteiger partial charge in [-0.15, -0.1) is 0 Å². The smallest absolute Gasteiger partial charge is 0.321 e. The fraction of sp³-hybridized carbons (Fsp3) is 0.538. The van der Waals surface area contributed by atoms with E-state index in [9.17, 15) is 9.59 Å². The molecule has 1 rings (SSSR count). The zero-order valence-electron chi connectivity index (χ0n) is 11.8. The van der Waals surface area contributed by atoms with Gasteiger partial charge in [0.05, 0.1) is 18.3 Å². The van der Waals surface area contributed by atoms with Gasteiger partial charge in [0, 0.05) is 6.54 Å². The molecule has 0 saturated heterocycles. The molecule has 0 aliphatic heterocycles. The summed E-state index contributed by atoms with van der Waals surface area (Å²) in [6.07, 6.45) is 1.60. The van der Waals surface area contributed by atoms with Gasteiger partial charge in [0.25, 0.3) is 0 Å². The Morgan fingerprint density at radius 1 is 1.42 bits per heavy atom. The van der Waals surface area contributed by atoms with Crippen molar-refractivity contribution >= 4 is 11.9 Å². The van der Waals surface area contributed by atoms with Crippen LogP contribution in [-0.2, 0) is 4.79 Å². The molecule has 2 atom stereocenters. The molecule has 3 amide bonds. The van der Waals surface area contributed by atoms with Gasteiger partial charge < -0.3 is 9.73 Å². The van der Waals surface area contributed by atoms with E-state index in [4.69, 9.17) is 4.42 Å². The second kappa shape index (κ2) is 6.94. The summed E-state index contributed by atoms with van der Waals surface area (Å²) in [5, 5.41) is 4.82. The van der Waals surface area contributed by atoms with Crippen LogP contribution in [-0.4, -0.2) is 36.5 Å². The number of nitrogens with one attached hydrogen (secondary N) is 2. The largest absolute Gasteiger partial charge is 0.468 e. The lowest BCUT2D eigenvalue weighted by molar-refractivity contribution is -0.125. The minimum absolute atomic E-state index is 0.0509. The lowest BCUT2D eigenvalue weighted by atomic mass is 10.1. The molecular weight excluding hydrogens is 246 g/mol. The van der Waals surface area contributed by atoms with Crippen molar-refractivity contribution in [3.63, 3.8) is 0 Å². The molecule has 19 heavy (non-hydrogen) atoms. The Bertz CT molecular complexity index is 417. The highest BCUT2D eigenvalue weighted by molar-refractivity contribution is 5.96. The highest BCUT2D eigenvalue weighted by atomic mass is 16.3. The standard InChI is InChI=1S/C13H21N3O3/c1-5-14-13(18)15-12(17)10(3)16(4)9(2)11-7-6-8-19-11/h6-10H,5H2,1-4H3,(H2,14,15,17,18)/t9-,10+/m0/s1. The van der Waals surface area contributed by atoms with E-state index in [2.05, 4.69) is 10.6 Å². The molecule has 6 nitrogen and oxygen atoms in total. The van der Waals surface area contributed by atoms with Gasteiger partial charge in [0.15, 0.2) is 0 Å². The molecule has 0 saturated carbocycles. The zero-order valence-corrected chi connectivity index (χ0v) is 11.8. The molecule has 0 fully saturated rings. The first kappa shape index (κ1) is 15.2. The lowest BCUT2D eigenvalue weighted by Crippen LogP contribution is -2.49. The third kappa shape index (κ3) is 4.10. The van der Waals surface area contributed by atoms with Crippen molar-refractivity contribution in [3.05, 3.63) is 24.2 Å². The maximum absolute atomic E-state index is 11.9. The van der Waals surface area contributed by atoms with Crippen LogP contribution in [0.3, 0.4) is 0 Å². The van der Waals surface area contributed by atoms with E-state index < -0.39 is 12.1 Å². The molecule has 1 aromatic rings. The van der Waals surface area contributed by atoms with Crippen molar-refractivity contribution in [2.75, 3.05) is 13.6 Å². The number of nitrogens with zero attached hydrogens (tertiary/aromatic N) is 1. The van der Waals surface area contributed by atoms with E-state index in [1.54, 1.807) is 26.2 Å². The van der Waals surface area contributed by atoms with Crippen LogP contribution >= 0.6 is 0 Å². The molecule has 0 aromatic carbocycles. The Morgan fingerprint density at radius 2 is 2.11 bits per heavy atom. The number of hydrogen-bond donors (Lipinski definition) is 2.